The highest BCUT2D eigenvalue weighted by atomic mass is 32.2. The zero-order valence-electron chi connectivity index (χ0n) is 5.26. The smallest absolute Gasteiger partial charge is 0.0503 e. The monoisotopic (exact) mass is 136 g/mol. The molecule has 0 amide bonds. The van der Waals surface area contributed by atoms with Gasteiger partial charge in [0.2, 0.25) is 0 Å². The predicted molar refractivity (Wildman–Crippen MR) is 35.8 cm³/mol. The van der Waals surface area contributed by atoms with Gasteiger partial charge in [-0.05, 0) is 18.5 Å². The van der Waals surface area contributed by atoms with Crippen LogP contribution >= 0.6 is 12.0 Å². The Kier molecular flexibility index (Phi) is 5.59. The number of aliphatic hydroxyl groups excluding tert-OH is 1. The summed E-state index contributed by atoms with van der Waals surface area (Å²) in [6, 6.07) is 0. The summed E-state index contributed by atoms with van der Waals surface area (Å²) in [7, 11) is 1.64. The summed E-state index contributed by atoms with van der Waals surface area (Å²) in [4.78, 5) is 0. The molecule has 0 aliphatic heterocycles. The molecule has 8 heavy (non-hydrogen) atoms. The molecular formula is C5H12O2S. The number of hydrogen-bond acceptors (Lipinski definition) is 3. The van der Waals surface area contributed by atoms with Crippen molar-refractivity contribution in [1.29, 1.82) is 0 Å². The van der Waals surface area contributed by atoms with Crippen molar-refractivity contribution in [1.82, 2.24) is 0 Å². The summed E-state index contributed by atoms with van der Waals surface area (Å²) in [5.74, 6) is 0. The van der Waals surface area contributed by atoms with E-state index in [9.17, 15) is 0 Å². The summed E-state index contributed by atoms with van der Waals surface area (Å²) in [5, 5.41) is 8.80. The summed E-state index contributed by atoms with van der Waals surface area (Å²) in [6.45, 7) is 2.27. The first-order valence-corrected chi connectivity index (χ1v) is 3.42. The van der Waals surface area contributed by atoms with E-state index < -0.39 is 0 Å². The van der Waals surface area contributed by atoms with Crippen molar-refractivity contribution in [2.45, 2.75) is 18.6 Å². The minimum Gasteiger partial charge on any atom is -0.396 e. The van der Waals surface area contributed by atoms with Crippen LogP contribution in [0.4, 0.5) is 0 Å². The van der Waals surface area contributed by atoms with E-state index in [4.69, 9.17) is 9.29 Å². The highest BCUT2D eigenvalue weighted by molar-refractivity contribution is 7.95. The SMILES string of the molecule is COSC(C)CCO. The van der Waals surface area contributed by atoms with Crippen molar-refractivity contribution in [2.75, 3.05) is 13.7 Å². The van der Waals surface area contributed by atoms with Crippen LogP contribution in [-0.4, -0.2) is 24.1 Å². The Morgan fingerprint density at radius 2 is 2.38 bits per heavy atom. The van der Waals surface area contributed by atoms with E-state index >= 15 is 0 Å². The average Bonchev–Trinajstić information content (AvgIpc) is 1.68. The van der Waals surface area contributed by atoms with E-state index in [0.29, 0.717) is 5.25 Å². The molecule has 0 bridgehead atoms. The molecule has 0 aromatic rings. The Balaban J connectivity index is 2.92. The van der Waals surface area contributed by atoms with Crippen molar-refractivity contribution in [2.24, 2.45) is 0 Å². The lowest BCUT2D eigenvalue weighted by molar-refractivity contribution is 0.287. The van der Waals surface area contributed by atoms with Gasteiger partial charge >= 0.3 is 0 Å². The van der Waals surface area contributed by atoms with Gasteiger partial charge in [-0.25, -0.2) is 0 Å². The third-order valence-corrected chi connectivity index (χ3v) is 1.55. The van der Waals surface area contributed by atoms with E-state index in [-0.39, 0.29) is 6.61 Å². The Labute approximate surface area is 54.4 Å². The fourth-order valence-electron chi connectivity index (χ4n) is 0.394. The molecule has 0 aromatic heterocycles. The molecule has 0 aliphatic carbocycles. The van der Waals surface area contributed by atoms with Crippen LogP contribution in [0.5, 0.6) is 0 Å². The quantitative estimate of drug-likeness (QED) is 0.586. The second-order valence-corrected chi connectivity index (χ2v) is 2.92. The zero-order chi connectivity index (χ0) is 6.41. The fourth-order valence-corrected chi connectivity index (χ4v) is 0.924. The van der Waals surface area contributed by atoms with Crippen LogP contribution in [0.1, 0.15) is 13.3 Å². The van der Waals surface area contributed by atoms with E-state index in [0.717, 1.165) is 6.42 Å². The summed E-state index contributed by atoms with van der Waals surface area (Å²) in [5.41, 5.74) is 0. The maximum atomic E-state index is 8.39. The lowest BCUT2D eigenvalue weighted by Crippen LogP contribution is -1.98. The maximum absolute atomic E-state index is 8.39. The molecule has 1 atom stereocenters. The Bertz CT molecular complexity index is 43.7. The van der Waals surface area contributed by atoms with E-state index in [1.54, 1.807) is 7.11 Å². The molecule has 0 aliphatic rings. The van der Waals surface area contributed by atoms with Gasteiger partial charge in [-0.3, -0.25) is 0 Å². The molecule has 0 saturated heterocycles. The maximum Gasteiger partial charge on any atom is 0.0503 e. The highest BCUT2D eigenvalue weighted by Crippen LogP contribution is 2.12. The van der Waals surface area contributed by atoms with Crippen LogP contribution in [0.15, 0.2) is 0 Å². The van der Waals surface area contributed by atoms with Gasteiger partial charge in [-0.15, -0.1) is 0 Å². The molecule has 0 heterocycles. The van der Waals surface area contributed by atoms with Gasteiger partial charge in [0, 0.05) is 11.9 Å². The van der Waals surface area contributed by atoms with Gasteiger partial charge in [-0.2, -0.15) is 0 Å². The summed E-state index contributed by atoms with van der Waals surface area (Å²) < 4.78 is 4.76. The zero-order valence-corrected chi connectivity index (χ0v) is 6.07. The molecule has 3 heteroatoms. The predicted octanol–water partition coefficient (Wildman–Crippen LogP) is 1.05. The minimum atomic E-state index is 0.248. The summed E-state index contributed by atoms with van der Waals surface area (Å²) in [6.07, 6.45) is 0.804. The van der Waals surface area contributed by atoms with Crippen LogP contribution < -0.4 is 0 Å². The molecule has 1 N–H and O–H groups in total. The summed E-state index contributed by atoms with van der Waals surface area (Å²) >= 11 is 1.40. The van der Waals surface area contributed by atoms with E-state index in [1.807, 2.05) is 6.92 Å². The first-order valence-electron chi connectivity index (χ1n) is 2.61. The Hall–Kier alpha value is 0.270. The largest absolute Gasteiger partial charge is 0.396 e. The molecule has 0 spiro atoms. The second-order valence-electron chi connectivity index (χ2n) is 1.59. The number of aliphatic hydroxyl groups is 1. The standard InChI is InChI=1S/C5H12O2S/c1-5(3-4-6)8-7-2/h5-6H,3-4H2,1-2H3. The minimum absolute atomic E-state index is 0.248. The molecular weight excluding hydrogens is 124 g/mol. The van der Waals surface area contributed by atoms with Crippen molar-refractivity contribution in [3.63, 3.8) is 0 Å². The first kappa shape index (κ1) is 8.27. The van der Waals surface area contributed by atoms with Gasteiger partial charge in [0.15, 0.2) is 0 Å². The van der Waals surface area contributed by atoms with Crippen LogP contribution in [0.25, 0.3) is 0 Å². The van der Waals surface area contributed by atoms with Crippen molar-refractivity contribution in [3.8, 4) is 0 Å². The van der Waals surface area contributed by atoms with Crippen molar-refractivity contribution < 1.29 is 9.29 Å². The van der Waals surface area contributed by atoms with E-state index in [1.165, 1.54) is 12.0 Å². The van der Waals surface area contributed by atoms with Crippen LogP contribution in [0.2, 0.25) is 0 Å². The lowest BCUT2D eigenvalue weighted by atomic mass is 10.4. The molecule has 0 aromatic carbocycles. The van der Waals surface area contributed by atoms with E-state index in [2.05, 4.69) is 0 Å². The molecule has 0 rings (SSSR count). The van der Waals surface area contributed by atoms with Gasteiger partial charge in [0.1, 0.15) is 0 Å². The second kappa shape index (κ2) is 5.41. The fraction of sp³-hybridized carbons (Fsp3) is 1.00. The van der Waals surface area contributed by atoms with Crippen LogP contribution in [0.3, 0.4) is 0 Å². The average molecular weight is 136 g/mol. The highest BCUT2D eigenvalue weighted by Gasteiger charge is 1.98. The van der Waals surface area contributed by atoms with Crippen LogP contribution in [-0.2, 0) is 4.18 Å². The molecule has 0 saturated carbocycles. The molecule has 1 unspecified atom stereocenters. The van der Waals surface area contributed by atoms with Crippen molar-refractivity contribution in [3.05, 3.63) is 0 Å². The first-order chi connectivity index (χ1) is 3.81. The van der Waals surface area contributed by atoms with Crippen LogP contribution in [0, 0.1) is 0 Å². The molecule has 2 nitrogen and oxygen atoms in total. The number of rotatable bonds is 4. The van der Waals surface area contributed by atoms with Gasteiger partial charge in [0.05, 0.1) is 7.11 Å². The van der Waals surface area contributed by atoms with Gasteiger partial charge in [0.25, 0.3) is 0 Å². The molecule has 0 radical (unpaired) electrons. The van der Waals surface area contributed by atoms with Gasteiger partial charge in [-0.1, -0.05) is 6.92 Å². The third-order valence-electron chi connectivity index (χ3n) is 0.796. The van der Waals surface area contributed by atoms with Gasteiger partial charge < -0.3 is 9.29 Å². The lowest BCUT2D eigenvalue weighted by Gasteiger charge is -2.04. The third kappa shape index (κ3) is 4.43. The Morgan fingerprint density at radius 1 is 1.75 bits per heavy atom. The normalized spacial score (nSPS) is 13.9. The molecule has 50 valence electrons. The van der Waals surface area contributed by atoms with Crippen molar-refractivity contribution >= 4 is 12.0 Å². The topological polar surface area (TPSA) is 29.5 Å². The Morgan fingerprint density at radius 3 is 2.75 bits per heavy atom. The molecule has 0 fully saturated rings. The number of hydrogen-bond donors (Lipinski definition) is 1.